The second kappa shape index (κ2) is 12.7. The van der Waals surface area contributed by atoms with Crippen LogP contribution in [0.3, 0.4) is 0 Å². The zero-order chi connectivity index (χ0) is 32.2. The fourth-order valence-electron chi connectivity index (χ4n) is 5.44. The standard InChI is InChI=1S/C21H32FN5O14P2S/c1-36-21(8-2-3-8)16(32)10(38-20(21)27-7-26-11-17(23)24-6-25-18(11)27)5-37-43(35,44)41-42(33,34)40-19-14(31)12(29)13(30)15(39-19)9(22)4-28/h6-10,12-16,19-20,28-32H,2-5H2,1H3,(H,33,34)(H,35,44)(H2,23,24,25)/t9-,10+,12?,13?,14?,15?,16+,19?,20+,21+,43?/m0/s1. The molecular weight excluding hydrogens is 659 g/mol. The highest BCUT2D eigenvalue weighted by Crippen LogP contribution is 2.62. The van der Waals surface area contributed by atoms with E-state index in [1.165, 1.54) is 24.3 Å². The highest BCUT2D eigenvalue weighted by atomic mass is 32.5. The SMILES string of the molecule is CO[C@]1(C2CC2)[C@H](O)[C@@H](COP(O)(=S)OP(=O)(O)OC2OC([C@@H](F)CO)C(O)C(O)C2O)O[C@H]1n1cnc2c(N)ncnc21. The minimum atomic E-state index is -5.49. The summed E-state index contributed by atoms with van der Waals surface area (Å²) in [7, 11) is -4.10. The van der Waals surface area contributed by atoms with Crippen LogP contribution in [0.1, 0.15) is 19.1 Å². The number of nitrogen functional groups attached to an aromatic ring is 1. The Bertz CT molecular complexity index is 1440. The number of aliphatic hydroxyl groups excluding tert-OH is 5. The molecule has 1 aliphatic carbocycles. The predicted molar refractivity (Wildman–Crippen MR) is 145 cm³/mol. The molecule has 7 unspecified atom stereocenters. The van der Waals surface area contributed by atoms with E-state index >= 15 is 0 Å². The normalized spacial score (nSPS) is 37.9. The molecule has 248 valence electrons. The number of methoxy groups -OCH3 is 1. The number of imidazole rings is 1. The minimum absolute atomic E-state index is 0.112. The first kappa shape index (κ1) is 34.0. The number of fused-ring (bicyclic) bond motifs is 1. The van der Waals surface area contributed by atoms with Gasteiger partial charge in [0.1, 0.15) is 54.1 Å². The fourth-order valence-corrected chi connectivity index (χ4v) is 8.54. The number of phosphoric ester groups is 1. The molecule has 9 N–H and O–H groups in total. The van der Waals surface area contributed by atoms with E-state index in [4.69, 9.17) is 41.4 Å². The lowest BCUT2D eigenvalue weighted by Gasteiger charge is -2.41. The van der Waals surface area contributed by atoms with Crippen molar-refractivity contribution in [3.63, 3.8) is 0 Å². The van der Waals surface area contributed by atoms with Crippen LogP contribution in [-0.2, 0) is 43.9 Å². The summed E-state index contributed by atoms with van der Waals surface area (Å²) in [6.45, 7) is -6.52. The van der Waals surface area contributed by atoms with Crippen molar-refractivity contribution in [2.45, 2.75) is 73.8 Å². The van der Waals surface area contributed by atoms with E-state index in [-0.39, 0.29) is 22.9 Å². The van der Waals surface area contributed by atoms with Crippen LogP contribution < -0.4 is 5.73 Å². The molecule has 2 saturated heterocycles. The van der Waals surface area contributed by atoms with Gasteiger partial charge in [-0.25, -0.2) is 28.2 Å². The number of rotatable bonds is 12. The molecule has 3 aliphatic rings. The van der Waals surface area contributed by atoms with Crippen LogP contribution in [-0.4, -0.2) is 130 Å². The number of ether oxygens (including phenoxy) is 3. The first-order valence-electron chi connectivity index (χ1n) is 13.1. The topological polar surface area (TPSA) is 284 Å². The van der Waals surface area contributed by atoms with Gasteiger partial charge in [-0.2, -0.15) is 0 Å². The van der Waals surface area contributed by atoms with E-state index < -0.39 is 88.7 Å². The summed E-state index contributed by atoms with van der Waals surface area (Å²) in [4.78, 5) is 33.1. The maximum absolute atomic E-state index is 14.0. The van der Waals surface area contributed by atoms with Gasteiger partial charge in [0, 0.05) is 7.11 Å². The largest absolute Gasteiger partial charge is 0.481 e. The summed E-state index contributed by atoms with van der Waals surface area (Å²) in [5.41, 5.74) is 5.13. The smallest absolute Gasteiger partial charge is 0.393 e. The second-order valence-corrected chi connectivity index (χ2v) is 14.8. The number of halogens is 1. The van der Waals surface area contributed by atoms with Gasteiger partial charge >= 0.3 is 14.5 Å². The zero-order valence-electron chi connectivity index (χ0n) is 22.8. The van der Waals surface area contributed by atoms with Crippen LogP contribution in [0.2, 0.25) is 0 Å². The Kier molecular flexibility index (Phi) is 9.80. The molecule has 44 heavy (non-hydrogen) atoms. The highest BCUT2D eigenvalue weighted by Gasteiger charge is 2.65. The molecule has 0 spiro atoms. The average Bonchev–Trinajstić information content (AvgIpc) is 3.66. The van der Waals surface area contributed by atoms with Crippen molar-refractivity contribution in [1.29, 1.82) is 0 Å². The molecule has 0 radical (unpaired) electrons. The molecule has 0 aromatic carbocycles. The van der Waals surface area contributed by atoms with E-state index in [0.717, 1.165) is 0 Å². The lowest BCUT2D eigenvalue weighted by molar-refractivity contribution is -0.287. The summed E-state index contributed by atoms with van der Waals surface area (Å²) in [6.07, 6.45) is -12.5. The van der Waals surface area contributed by atoms with Gasteiger partial charge in [-0.15, -0.1) is 0 Å². The lowest BCUT2D eigenvalue weighted by Crippen LogP contribution is -2.60. The molecule has 1 saturated carbocycles. The molecule has 0 amide bonds. The fraction of sp³-hybridized carbons (Fsp3) is 0.762. The Morgan fingerprint density at radius 1 is 1.18 bits per heavy atom. The zero-order valence-corrected chi connectivity index (χ0v) is 25.4. The number of hydrogen-bond donors (Lipinski definition) is 8. The quantitative estimate of drug-likeness (QED) is 0.111. The van der Waals surface area contributed by atoms with Crippen molar-refractivity contribution >= 4 is 43.3 Å². The molecular formula is C21H32FN5O14P2S. The number of aliphatic hydroxyl groups is 5. The van der Waals surface area contributed by atoms with Crippen LogP contribution >= 0.6 is 14.5 Å². The van der Waals surface area contributed by atoms with Gasteiger partial charge in [0.05, 0.1) is 19.5 Å². The Labute approximate surface area is 253 Å². The molecule has 19 nitrogen and oxygen atoms in total. The molecule has 3 fully saturated rings. The van der Waals surface area contributed by atoms with Gasteiger partial charge in [-0.1, -0.05) is 0 Å². The third-order valence-corrected chi connectivity index (χ3v) is 11.2. The van der Waals surface area contributed by atoms with Gasteiger partial charge in [0.2, 0.25) is 0 Å². The Balaban J connectivity index is 1.28. The number of nitrogens with zero attached hydrogens (tertiary/aromatic N) is 4. The van der Waals surface area contributed by atoms with E-state index in [1.807, 2.05) is 0 Å². The van der Waals surface area contributed by atoms with Crippen LogP contribution in [0.25, 0.3) is 11.2 Å². The van der Waals surface area contributed by atoms with E-state index in [1.54, 1.807) is 0 Å². The monoisotopic (exact) mass is 691 g/mol. The third kappa shape index (κ3) is 6.30. The number of phosphoric acid groups is 1. The van der Waals surface area contributed by atoms with Crippen molar-refractivity contribution in [2.75, 3.05) is 26.1 Å². The number of anilines is 1. The van der Waals surface area contributed by atoms with Crippen molar-refractivity contribution in [2.24, 2.45) is 5.92 Å². The Morgan fingerprint density at radius 3 is 2.52 bits per heavy atom. The summed E-state index contributed by atoms with van der Waals surface area (Å²) >= 11 is 4.83. The maximum atomic E-state index is 14.0. The molecule has 4 heterocycles. The van der Waals surface area contributed by atoms with E-state index in [9.17, 15) is 39.2 Å². The van der Waals surface area contributed by atoms with Crippen LogP contribution in [0.15, 0.2) is 12.7 Å². The van der Waals surface area contributed by atoms with Crippen LogP contribution in [0.5, 0.6) is 0 Å². The van der Waals surface area contributed by atoms with Gasteiger partial charge < -0.3 is 59.8 Å². The summed E-state index contributed by atoms with van der Waals surface area (Å²) < 4.78 is 59.5. The van der Waals surface area contributed by atoms with Crippen LogP contribution in [0, 0.1) is 5.92 Å². The molecule has 12 atom stereocenters. The highest BCUT2D eigenvalue weighted by molar-refractivity contribution is 8.08. The first-order valence-corrected chi connectivity index (χ1v) is 17.2. The van der Waals surface area contributed by atoms with Gasteiger partial charge in [-0.05, 0) is 30.6 Å². The van der Waals surface area contributed by atoms with Crippen molar-refractivity contribution in [1.82, 2.24) is 19.5 Å². The van der Waals surface area contributed by atoms with Gasteiger partial charge in [0.15, 0.2) is 30.2 Å². The van der Waals surface area contributed by atoms with Crippen LogP contribution in [0.4, 0.5) is 10.2 Å². The molecule has 0 bridgehead atoms. The van der Waals surface area contributed by atoms with E-state index in [2.05, 4.69) is 23.8 Å². The number of aromatic nitrogens is 4. The first-order chi connectivity index (χ1) is 20.7. The molecule has 23 heteroatoms. The summed E-state index contributed by atoms with van der Waals surface area (Å²) in [6, 6.07) is 0. The summed E-state index contributed by atoms with van der Waals surface area (Å²) in [5, 5.41) is 50.4. The number of alkyl halides is 1. The predicted octanol–water partition coefficient (Wildman–Crippen LogP) is -2.03. The van der Waals surface area contributed by atoms with Gasteiger partial charge in [-0.3, -0.25) is 9.09 Å². The Hall–Kier alpha value is -1.36. The molecule has 5 rings (SSSR count). The Morgan fingerprint density at radius 2 is 1.89 bits per heavy atom. The number of hydrogen-bond acceptors (Lipinski definition) is 17. The molecule has 2 aromatic rings. The van der Waals surface area contributed by atoms with Crippen molar-refractivity contribution in [3.05, 3.63) is 12.7 Å². The third-order valence-electron chi connectivity index (χ3n) is 7.70. The number of nitrogens with two attached hydrogens (primary N) is 1. The van der Waals surface area contributed by atoms with E-state index in [0.29, 0.717) is 12.8 Å². The average molecular weight is 692 g/mol. The van der Waals surface area contributed by atoms with Crippen molar-refractivity contribution in [3.8, 4) is 0 Å². The maximum Gasteiger partial charge on any atom is 0.481 e. The molecule has 2 aromatic heterocycles. The summed E-state index contributed by atoms with van der Waals surface area (Å²) in [5.74, 6) is -0.0522. The molecule has 2 aliphatic heterocycles. The lowest BCUT2D eigenvalue weighted by atomic mass is 9.88. The van der Waals surface area contributed by atoms with Gasteiger partial charge in [0.25, 0.3) is 0 Å². The minimum Gasteiger partial charge on any atom is -0.393 e. The van der Waals surface area contributed by atoms with Crippen molar-refractivity contribution < 1.29 is 71.8 Å². The second-order valence-electron chi connectivity index (χ2n) is 10.4.